The van der Waals surface area contributed by atoms with Crippen molar-refractivity contribution in [2.45, 2.75) is 70.9 Å². The maximum atomic E-state index is 4.71. The van der Waals surface area contributed by atoms with Crippen molar-refractivity contribution < 1.29 is 0 Å². The smallest absolute Gasteiger partial charge is 0.0574 e. The Morgan fingerprint density at radius 2 is 2.00 bits per heavy atom. The number of aromatic nitrogens is 1. The quantitative estimate of drug-likeness (QED) is 0.811. The standard InChI is InChI=1S/C18H31N3/c1-4-13-19-17(5-2)18-12-11-16(14-20-18)21(3)15-9-7-6-8-10-15/h11-12,14-15,17,19H,4-10,13H2,1-3H3. The highest BCUT2D eigenvalue weighted by Crippen LogP contribution is 2.26. The van der Waals surface area contributed by atoms with Crippen LogP contribution in [0.5, 0.6) is 0 Å². The van der Waals surface area contributed by atoms with Gasteiger partial charge in [-0.25, -0.2) is 0 Å². The van der Waals surface area contributed by atoms with E-state index < -0.39 is 0 Å². The Kier molecular flexibility index (Phi) is 6.50. The molecule has 0 amide bonds. The van der Waals surface area contributed by atoms with Gasteiger partial charge in [0.1, 0.15) is 0 Å². The minimum Gasteiger partial charge on any atom is -0.370 e. The van der Waals surface area contributed by atoms with Crippen LogP contribution in [-0.4, -0.2) is 24.6 Å². The highest BCUT2D eigenvalue weighted by atomic mass is 15.1. The largest absolute Gasteiger partial charge is 0.370 e. The Balaban J connectivity index is 1.99. The molecule has 1 aromatic rings. The zero-order chi connectivity index (χ0) is 15.1. The Morgan fingerprint density at radius 1 is 1.24 bits per heavy atom. The summed E-state index contributed by atoms with van der Waals surface area (Å²) in [5.74, 6) is 0. The predicted octanol–water partition coefficient (Wildman–Crippen LogP) is 4.30. The minimum atomic E-state index is 0.388. The van der Waals surface area contributed by atoms with Crippen LogP contribution < -0.4 is 10.2 Å². The van der Waals surface area contributed by atoms with Gasteiger partial charge in [0.2, 0.25) is 0 Å². The van der Waals surface area contributed by atoms with Crippen molar-refractivity contribution in [3.05, 3.63) is 24.0 Å². The number of hydrogen-bond acceptors (Lipinski definition) is 3. The van der Waals surface area contributed by atoms with Crippen LogP contribution >= 0.6 is 0 Å². The summed E-state index contributed by atoms with van der Waals surface area (Å²) in [5.41, 5.74) is 2.43. The lowest BCUT2D eigenvalue weighted by atomic mass is 9.94. The summed E-state index contributed by atoms with van der Waals surface area (Å²) < 4.78 is 0. The van der Waals surface area contributed by atoms with Crippen LogP contribution in [0.25, 0.3) is 0 Å². The molecule has 1 aliphatic rings. The normalized spacial score (nSPS) is 17.7. The van der Waals surface area contributed by atoms with Crippen molar-refractivity contribution in [2.24, 2.45) is 0 Å². The first kappa shape index (κ1) is 16.3. The lowest BCUT2D eigenvalue weighted by Crippen LogP contribution is -2.33. The molecular formula is C18H31N3. The Bertz CT molecular complexity index is 395. The van der Waals surface area contributed by atoms with Crippen molar-refractivity contribution in [3.8, 4) is 0 Å². The summed E-state index contributed by atoms with van der Waals surface area (Å²) in [6.07, 6.45) is 11.1. The van der Waals surface area contributed by atoms with Crippen LogP contribution in [0.3, 0.4) is 0 Å². The third kappa shape index (κ3) is 4.44. The van der Waals surface area contributed by atoms with E-state index in [1.165, 1.54) is 49.9 Å². The second-order valence-electron chi connectivity index (χ2n) is 6.26. The number of anilines is 1. The van der Waals surface area contributed by atoms with Crippen molar-refractivity contribution in [3.63, 3.8) is 0 Å². The molecule has 118 valence electrons. The van der Waals surface area contributed by atoms with Crippen molar-refractivity contribution in [2.75, 3.05) is 18.5 Å². The van der Waals surface area contributed by atoms with Crippen LogP contribution in [-0.2, 0) is 0 Å². The number of nitrogens with one attached hydrogen (secondary N) is 1. The first-order valence-corrected chi connectivity index (χ1v) is 8.68. The van der Waals surface area contributed by atoms with E-state index in [2.05, 4.69) is 49.4 Å². The summed E-state index contributed by atoms with van der Waals surface area (Å²) in [5, 5.41) is 3.57. The molecule has 1 aliphatic carbocycles. The van der Waals surface area contributed by atoms with Crippen molar-refractivity contribution >= 4 is 5.69 Å². The highest BCUT2D eigenvalue weighted by molar-refractivity contribution is 5.45. The molecule has 1 fully saturated rings. The fourth-order valence-corrected chi connectivity index (χ4v) is 3.27. The molecule has 3 heteroatoms. The zero-order valence-corrected chi connectivity index (χ0v) is 13.9. The molecule has 21 heavy (non-hydrogen) atoms. The van der Waals surface area contributed by atoms with E-state index in [4.69, 9.17) is 4.98 Å². The molecule has 0 spiro atoms. The summed E-state index contributed by atoms with van der Waals surface area (Å²) in [4.78, 5) is 7.14. The molecule has 3 nitrogen and oxygen atoms in total. The second kappa shape index (κ2) is 8.38. The van der Waals surface area contributed by atoms with Crippen LogP contribution in [0.15, 0.2) is 18.3 Å². The predicted molar refractivity (Wildman–Crippen MR) is 90.8 cm³/mol. The molecule has 2 rings (SSSR count). The van der Waals surface area contributed by atoms with Gasteiger partial charge in [0.15, 0.2) is 0 Å². The molecule has 0 aromatic carbocycles. The van der Waals surface area contributed by atoms with Gasteiger partial charge < -0.3 is 10.2 Å². The van der Waals surface area contributed by atoms with Gasteiger partial charge in [-0.05, 0) is 44.4 Å². The molecule has 1 atom stereocenters. The van der Waals surface area contributed by atoms with Gasteiger partial charge >= 0.3 is 0 Å². The van der Waals surface area contributed by atoms with Crippen LogP contribution in [0, 0.1) is 0 Å². The van der Waals surface area contributed by atoms with Crippen molar-refractivity contribution in [1.29, 1.82) is 0 Å². The van der Waals surface area contributed by atoms with E-state index in [0.717, 1.165) is 13.0 Å². The maximum absolute atomic E-state index is 4.71. The second-order valence-corrected chi connectivity index (χ2v) is 6.26. The van der Waals surface area contributed by atoms with Gasteiger partial charge in [-0.3, -0.25) is 4.98 Å². The van der Waals surface area contributed by atoms with E-state index in [-0.39, 0.29) is 0 Å². The number of nitrogens with zero attached hydrogens (tertiary/aromatic N) is 2. The third-order valence-electron chi connectivity index (χ3n) is 4.71. The van der Waals surface area contributed by atoms with Gasteiger partial charge in [-0.15, -0.1) is 0 Å². The van der Waals surface area contributed by atoms with Gasteiger partial charge in [0, 0.05) is 19.1 Å². The molecule has 1 N–H and O–H groups in total. The fourth-order valence-electron chi connectivity index (χ4n) is 3.27. The summed E-state index contributed by atoms with van der Waals surface area (Å²) in [7, 11) is 2.22. The lowest BCUT2D eigenvalue weighted by molar-refractivity contribution is 0.427. The van der Waals surface area contributed by atoms with E-state index in [1.807, 2.05) is 0 Å². The Hall–Kier alpha value is -1.09. The molecular weight excluding hydrogens is 258 g/mol. The molecule has 1 aromatic heterocycles. The van der Waals surface area contributed by atoms with E-state index >= 15 is 0 Å². The monoisotopic (exact) mass is 289 g/mol. The van der Waals surface area contributed by atoms with Crippen LogP contribution in [0.2, 0.25) is 0 Å². The molecule has 1 unspecified atom stereocenters. The summed E-state index contributed by atoms with van der Waals surface area (Å²) >= 11 is 0. The zero-order valence-electron chi connectivity index (χ0n) is 13.9. The van der Waals surface area contributed by atoms with Gasteiger partial charge in [0.25, 0.3) is 0 Å². The molecule has 1 heterocycles. The summed E-state index contributed by atoms with van der Waals surface area (Å²) in [6.45, 7) is 5.48. The molecule has 0 aliphatic heterocycles. The SMILES string of the molecule is CCCNC(CC)c1ccc(N(C)C2CCCCC2)cn1. The third-order valence-corrected chi connectivity index (χ3v) is 4.71. The maximum Gasteiger partial charge on any atom is 0.0574 e. The first-order valence-electron chi connectivity index (χ1n) is 8.68. The van der Waals surface area contributed by atoms with E-state index in [1.54, 1.807) is 0 Å². The topological polar surface area (TPSA) is 28.2 Å². The lowest BCUT2D eigenvalue weighted by Gasteiger charge is -2.32. The Labute approximate surface area is 130 Å². The summed E-state index contributed by atoms with van der Waals surface area (Å²) in [6, 6.07) is 5.53. The minimum absolute atomic E-state index is 0.388. The van der Waals surface area contributed by atoms with Crippen molar-refractivity contribution in [1.82, 2.24) is 10.3 Å². The molecule has 1 saturated carbocycles. The van der Waals surface area contributed by atoms with Gasteiger partial charge in [0.05, 0.1) is 17.6 Å². The average molecular weight is 289 g/mol. The molecule has 0 saturated heterocycles. The average Bonchev–Trinajstić information content (AvgIpc) is 2.56. The Morgan fingerprint density at radius 3 is 2.57 bits per heavy atom. The molecule has 0 radical (unpaired) electrons. The molecule has 0 bridgehead atoms. The number of rotatable bonds is 7. The first-order chi connectivity index (χ1) is 10.3. The van der Waals surface area contributed by atoms with E-state index in [0.29, 0.717) is 12.1 Å². The number of hydrogen-bond donors (Lipinski definition) is 1. The van der Waals surface area contributed by atoms with Crippen LogP contribution in [0.4, 0.5) is 5.69 Å². The van der Waals surface area contributed by atoms with E-state index in [9.17, 15) is 0 Å². The van der Waals surface area contributed by atoms with Gasteiger partial charge in [-0.2, -0.15) is 0 Å². The fraction of sp³-hybridized carbons (Fsp3) is 0.722. The highest BCUT2D eigenvalue weighted by Gasteiger charge is 2.19. The van der Waals surface area contributed by atoms with Crippen LogP contribution in [0.1, 0.15) is 70.5 Å². The number of pyridine rings is 1. The van der Waals surface area contributed by atoms with Gasteiger partial charge in [-0.1, -0.05) is 33.1 Å².